The number of pyridine rings is 1. The van der Waals surface area contributed by atoms with E-state index in [9.17, 15) is 14.4 Å². The first-order valence-corrected chi connectivity index (χ1v) is 9.55. The van der Waals surface area contributed by atoms with Crippen molar-refractivity contribution >= 4 is 17.5 Å². The van der Waals surface area contributed by atoms with Crippen LogP contribution in [0.5, 0.6) is 0 Å². The first-order valence-electron chi connectivity index (χ1n) is 9.55. The summed E-state index contributed by atoms with van der Waals surface area (Å²) in [5.74, 6) is -0.480. The molecule has 2 amide bonds. The number of benzene rings is 2. The van der Waals surface area contributed by atoms with E-state index in [4.69, 9.17) is 0 Å². The zero-order valence-electron chi connectivity index (χ0n) is 15.8. The molecule has 0 unspecified atom stereocenters. The summed E-state index contributed by atoms with van der Waals surface area (Å²) in [6, 6.07) is 19.6. The number of anilines is 1. The maximum atomic E-state index is 12.7. The zero-order chi connectivity index (χ0) is 20.2. The van der Waals surface area contributed by atoms with Crippen LogP contribution in [-0.4, -0.2) is 22.4 Å². The van der Waals surface area contributed by atoms with E-state index in [-0.39, 0.29) is 23.4 Å². The Kier molecular flexibility index (Phi) is 5.24. The fourth-order valence-electron chi connectivity index (χ4n) is 3.01. The second-order valence-corrected chi connectivity index (χ2v) is 7.15. The van der Waals surface area contributed by atoms with Crippen LogP contribution in [0.15, 0.2) is 77.7 Å². The number of hydrogen-bond acceptors (Lipinski definition) is 3. The molecule has 1 fully saturated rings. The van der Waals surface area contributed by atoms with Crippen molar-refractivity contribution in [1.82, 2.24) is 9.88 Å². The highest BCUT2D eigenvalue weighted by molar-refractivity contribution is 6.05. The molecule has 3 aromatic rings. The van der Waals surface area contributed by atoms with Crippen LogP contribution >= 0.6 is 0 Å². The number of amides is 2. The Morgan fingerprint density at radius 2 is 1.69 bits per heavy atom. The number of nitrogens with zero attached hydrogens (tertiary/aromatic N) is 1. The number of carbonyl (C=O) groups excluding carboxylic acids is 2. The number of nitrogens with one attached hydrogen (secondary N) is 2. The van der Waals surface area contributed by atoms with Gasteiger partial charge in [0.25, 0.3) is 17.4 Å². The van der Waals surface area contributed by atoms with E-state index < -0.39 is 0 Å². The van der Waals surface area contributed by atoms with Gasteiger partial charge in [0.15, 0.2) is 0 Å². The molecule has 1 heterocycles. The number of hydrogen-bond donors (Lipinski definition) is 2. The second kappa shape index (κ2) is 8.14. The minimum Gasteiger partial charge on any atom is -0.349 e. The summed E-state index contributed by atoms with van der Waals surface area (Å²) >= 11 is 0. The summed E-state index contributed by atoms with van der Waals surface area (Å²) in [5.41, 5.74) is 2.20. The summed E-state index contributed by atoms with van der Waals surface area (Å²) in [5, 5.41) is 5.73. The molecule has 146 valence electrons. The van der Waals surface area contributed by atoms with Crippen molar-refractivity contribution in [2.24, 2.45) is 0 Å². The lowest BCUT2D eigenvalue weighted by Gasteiger charge is -2.10. The number of aromatic nitrogens is 1. The van der Waals surface area contributed by atoms with Crippen molar-refractivity contribution in [3.05, 3.63) is 100.0 Å². The molecule has 1 aromatic heterocycles. The highest BCUT2D eigenvalue weighted by atomic mass is 16.2. The van der Waals surface area contributed by atoms with Crippen molar-refractivity contribution in [2.45, 2.75) is 25.4 Å². The zero-order valence-corrected chi connectivity index (χ0v) is 15.8. The highest BCUT2D eigenvalue weighted by Gasteiger charge is 2.23. The van der Waals surface area contributed by atoms with Gasteiger partial charge in [-0.3, -0.25) is 14.4 Å². The summed E-state index contributed by atoms with van der Waals surface area (Å²) in [6.45, 7) is 0.387. The van der Waals surface area contributed by atoms with Crippen LogP contribution in [0.2, 0.25) is 0 Å². The fraction of sp³-hybridized carbons (Fsp3) is 0.174. The molecule has 29 heavy (non-hydrogen) atoms. The Morgan fingerprint density at radius 1 is 0.897 bits per heavy atom. The van der Waals surface area contributed by atoms with E-state index in [0.717, 1.165) is 18.4 Å². The molecule has 6 heteroatoms. The van der Waals surface area contributed by atoms with Crippen molar-refractivity contribution < 1.29 is 9.59 Å². The van der Waals surface area contributed by atoms with Crippen LogP contribution in [-0.2, 0) is 6.54 Å². The Hall–Kier alpha value is -3.67. The molecule has 0 radical (unpaired) electrons. The molecule has 4 rings (SSSR count). The van der Waals surface area contributed by atoms with Crippen LogP contribution in [0.25, 0.3) is 0 Å². The van der Waals surface area contributed by atoms with Crippen LogP contribution in [0.3, 0.4) is 0 Å². The molecular formula is C23H21N3O3. The molecule has 2 aromatic carbocycles. The average molecular weight is 387 g/mol. The standard InChI is InChI=1S/C23H21N3O3/c27-21-12-9-18(15-26(21)14-16-5-2-1-3-6-16)23(29)25-20-8-4-7-17(13-20)22(28)24-19-10-11-19/h1-9,12-13,15,19H,10-11,14H2,(H,24,28)(H,25,29). The summed E-state index contributed by atoms with van der Waals surface area (Å²) < 4.78 is 1.50. The van der Waals surface area contributed by atoms with E-state index >= 15 is 0 Å². The molecule has 0 atom stereocenters. The first-order chi connectivity index (χ1) is 14.1. The highest BCUT2D eigenvalue weighted by Crippen LogP contribution is 2.20. The van der Waals surface area contributed by atoms with Crippen molar-refractivity contribution in [3.8, 4) is 0 Å². The molecule has 1 saturated carbocycles. The van der Waals surface area contributed by atoms with Crippen molar-refractivity contribution in [1.29, 1.82) is 0 Å². The summed E-state index contributed by atoms with van der Waals surface area (Å²) in [7, 11) is 0. The van der Waals surface area contributed by atoms with Crippen molar-refractivity contribution in [2.75, 3.05) is 5.32 Å². The maximum absolute atomic E-state index is 12.7. The van der Waals surface area contributed by atoms with Gasteiger partial charge in [-0.05, 0) is 42.7 Å². The van der Waals surface area contributed by atoms with Gasteiger partial charge in [0, 0.05) is 29.6 Å². The van der Waals surface area contributed by atoms with E-state index in [1.807, 2.05) is 30.3 Å². The lowest BCUT2D eigenvalue weighted by molar-refractivity contribution is 0.0949. The topological polar surface area (TPSA) is 80.2 Å². The minimum absolute atomic E-state index is 0.139. The predicted molar refractivity (Wildman–Crippen MR) is 111 cm³/mol. The van der Waals surface area contributed by atoms with Gasteiger partial charge in [-0.15, -0.1) is 0 Å². The lowest BCUT2D eigenvalue weighted by Crippen LogP contribution is -2.25. The molecule has 0 aliphatic heterocycles. The smallest absolute Gasteiger partial charge is 0.257 e. The Balaban J connectivity index is 1.49. The van der Waals surface area contributed by atoms with Crippen LogP contribution < -0.4 is 16.2 Å². The minimum atomic E-state index is -0.341. The molecule has 1 aliphatic rings. The monoisotopic (exact) mass is 387 g/mol. The lowest BCUT2D eigenvalue weighted by atomic mass is 10.1. The predicted octanol–water partition coefficient (Wildman–Crippen LogP) is 3.04. The fourth-order valence-corrected chi connectivity index (χ4v) is 3.01. The number of carbonyl (C=O) groups is 2. The van der Waals surface area contributed by atoms with Gasteiger partial charge in [0.2, 0.25) is 0 Å². The molecule has 6 nitrogen and oxygen atoms in total. The Bertz CT molecular complexity index is 1100. The third kappa shape index (κ3) is 4.79. The van der Waals surface area contributed by atoms with E-state index in [0.29, 0.717) is 23.4 Å². The maximum Gasteiger partial charge on any atom is 0.257 e. The molecule has 2 N–H and O–H groups in total. The largest absolute Gasteiger partial charge is 0.349 e. The van der Waals surface area contributed by atoms with Gasteiger partial charge >= 0.3 is 0 Å². The van der Waals surface area contributed by atoms with Gasteiger partial charge in [-0.1, -0.05) is 36.4 Å². The van der Waals surface area contributed by atoms with E-state index in [1.165, 1.54) is 16.7 Å². The van der Waals surface area contributed by atoms with E-state index in [2.05, 4.69) is 10.6 Å². The van der Waals surface area contributed by atoms with Crippen LogP contribution in [0, 0.1) is 0 Å². The van der Waals surface area contributed by atoms with Crippen molar-refractivity contribution in [3.63, 3.8) is 0 Å². The molecule has 0 bridgehead atoms. The van der Waals surface area contributed by atoms with Gasteiger partial charge in [0.1, 0.15) is 0 Å². The van der Waals surface area contributed by atoms with Gasteiger partial charge in [-0.25, -0.2) is 0 Å². The third-order valence-corrected chi connectivity index (χ3v) is 4.74. The van der Waals surface area contributed by atoms with Crippen LogP contribution in [0.1, 0.15) is 39.1 Å². The Labute approximate surface area is 168 Å². The van der Waals surface area contributed by atoms with E-state index in [1.54, 1.807) is 30.5 Å². The first kappa shape index (κ1) is 18.7. The Morgan fingerprint density at radius 3 is 2.45 bits per heavy atom. The average Bonchev–Trinajstić information content (AvgIpc) is 3.54. The SMILES string of the molecule is O=C(Nc1cccc(C(=O)NC2CC2)c1)c1ccc(=O)n(Cc2ccccc2)c1. The number of rotatable bonds is 6. The van der Waals surface area contributed by atoms with Crippen LogP contribution in [0.4, 0.5) is 5.69 Å². The molecule has 1 aliphatic carbocycles. The molecule has 0 saturated heterocycles. The quantitative estimate of drug-likeness (QED) is 0.682. The van der Waals surface area contributed by atoms with Gasteiger partial charge in [0.05, 0.1) is 12.1 Å². The second-order valence-electron chi connectivity index (χ2n) is 7.15. The van der Waals surface area contributed by atoms with Gasteiger partial charge in [-0.2, -0.15) is 0 Å². The third-order valence-electron chi connectivity index (χ3n) is 4.74. The normalized spacial score (nSPS) is 13.0. The summed E-state index contributed by atoms with van der Waals surface area (Å²) in [4.78, 5) is 37.0. The van der Waals surface area contributed by atoms with Gasteiger partial charge < -0.3 is 15.2 Å². The molecule has 0 spiro atoms. The molecular weight excluding hydrogens is 366 g/mol. The summed E-state index contributed by atoms with van der Waals surface area (Å²) in [6.07, 6.45) is 3.58.